The number of fused-ring (bicyclic) bond motifs is 1. The number of nitrogens with one attached hydrogen (secondary N) is 1. The standard InChI is InChI=1S/C22H23N5O2.ClH/c1-26(10-11-27-8-2-3-9-27)22(29)16-5-7-18(24-14-16)20-17-6-4-15(13-23)12-19(17)25-21(20)28;/h4-7,12,14,25,28H,2-3,8-11H2,1H3;1H. The second kappa shape index (κ2) is 9.16. The zero-order valence-electron chi connectivity index (χ0n) is 16.8. The van der Waals surface area contributed by atoms with Gasteiger partial charge in [0, 0.05) is 31.7 Å². The van der Waals surface area contributed by atoms with Gasteiger partial charge in [0.05, 0.1) is 34.0 Å². The number of aromatic nitrogens is 2. The maximum absolute atomic E-state index is 12.7. The topological polar surface area (TPSA) is 96.2 Å². The van der Waals surface area contributed by atoms with Crippen molar-refractivity contribution in [3.05, 3.63) is 47.7 Å². The minimum absolute atomic E-state index is 0. The fraction of sp³-hybridized carbons (Fsp3) is 0.318. The maximum Gasteiger partial charge on any atom is 0.255 e. The normalized spacial score (nSPS) is 13.7. The van der Waals surface area contributed by atoms with Gasteiger partial charge in [-0.3, -0.25) is 9.78 Å². The van der Waals surface area contributed by atoms with Crippen molar-refractivity contribution in [1.82, 2.24) is 19.8 Å². The van der Waals surface area contributed by atoms with E-state index in [-0.39, 0.29) is 24.2 Å². The van der Waals surface area contributed by atoms with E-state index < -0.39 is 0 Å². The van der Waals surface area contributed by atoms with Crippen LogP contribution in [0.15, 0.2) is 36.5 Å². The first-order valence-electron chi connectivity index (χ1n) is 9.76. The van der Waals surface area contributed by atoms with Crippen molar-refractivity contribution in [3.8, 4) is 23.2 Å². The van der Waals surface area contributed by atoms with E-state index >= 15 is 0 Å². The van der Waals surface area contributed by atoms with Crippen LogP contribution >= 0.6 is 12.4 Å². The Bertz CT molecular complexity index is 1080. The lowest BCUT2D eigenvalue weighted by atomic mass is 10.1. The molecular weight excluding hydrogens is 402 g/mol. The number of benzene rings is 1. The Morgan fingerprint density at radius 3 is 2.73 bits per heavy atom. The molecule has 30 heavy (non-hydrogen) atoms. The summed E-state index contributed by atoms with van der Waals surface area (Å²) in [7, 11) is 1.81. The molecule has 0 saturated carbocycles. The molecule has 1 aliphatic heterocycles. The molecule has 0 spiro atoms. The lowest BCUT2D eigenvalue weighted by molar-refractivity contribution is 0.0782. The van der Waals surface area contributed by atoms with E-state index in [1.165, 1.54) is 12.8 Å². The highest BCUT2D eigenvalue weighted by molar-refractivity contribution is 5.99. The molecule has 8 heteroatoms. The molecule has 1 aromatic carbocycles. The summed E-state index contributed by atoms with van der Waals surface area (Å²) >= 11 is 0. The number of aromatic amines is 1. The number of carbonyl (C=O) groups is 1. The summed E-state index contributed by atoms with van der Waals surface area (Å²) in [5.74, 6) is -0.0746. The molecule has 1 aliphatic rings. The smallest absolute Gasteiger partial charge is 0.255 e. The number of halogens is 1. The van der Waals surface area contributed by atoms with E-state index in [1.807, 2.05) is 7.05 Å². The lowest BCUT2D eigenvalue weighted by Crippen LogP contribution is -2.35. The molecule has 2 aromatic heterocycles. The van der Waals surface area contributed by atoms with E-state index in [2.05, 4.69) is 20.9 Å². The first-order valence-corrected chi connectivity index (χ1v) is 9.76. The average molecular weight is 426 g/mol. The number of H-pyrrole nitrogens is 1. The highest BCUT2D eigenvalue weighted by Gasteiger charge is 2.18. The van der Waals surface area contributed by atoms with Gasteiger partial charge >= 0.3 is 0 Å². The van der Waals surface area contributed by atoms with Gasteiger partial charge in [-0.1, -0.05) is 6.07 Å². The summed E-state index contributed by atoms with van der Waals surface area (Å²) in [6.07, 6.45) is 4.02. The number of carbonyl (C=O) groups excluding carboxylic acids is 1. The van der Waals surface area contributed by atoms with Gasteiger partial charge in [-0.25, -0.2) is 0 Å². The Labute approximate surface area is 181 Å². The third-order valence-corrected chi connectivity index (χ3v) is 5.47. The third kappa shape index (κ3) is 4.25. The van der Waals surface area contributed by atoms with E-state index in [0.29, 0.717) is 34.4 Å². The minimum atomic E-state index is -0.0648. The van der Waals surface area contributed by atoms with Crippen molar-refractivity contribution in [3.63, 3.8) is 0 Å². The first kappa shape index (κ1) is 21.6. The SMILES string of the molecule is CN(CCN1CCCC1)C(=O)c1ccc(-c2c(O)[nH]c3cc(C#N)ccc23)nc1.Cl. The van der Waals surface area contributed by atoms with Gasteiger partial charge in [0.25, 0.3) is 5.91 Å². The molecule has 0 bridgehead atoms. The summed E-state index contributed by atoms with van der Waals surface area (Å²) in [6, 6.07) is 10.7. The maximum atomic E-state index is 12.7. The van der Waals surface area contributed by atoms with Crippen molar-refractivity contribution in [2.75, 3.05) is 33.2 Å². The number of likely N-dealkylation sites (N-methyl/N-ethyl adjacent to an activating group) is 1. The van der Waals surface area contributed by atoms with Crippen molar-refractivity contribution in [1.29, 1.82) is 5.26 Å². The lowest BCUT2D eigenvalue weighted by Gasteiger charge is -2.21. The number of nitrogens with zero attached hydrogens (tertiary/aromatic N) is 4. The van der Waals surface area contributed by atoms with Crippen LogP contribution in [0.5, 0.6) is 5.88 Å². The molecule has 3 aromatic rings. The molecule has 156 valence electrons. The van der Waals surface area contributed by atoms with E-state index in [0.717, 1.165) is 25.0 Å². The monoisotopic (exact) mass is 425 g/mol. The van der Waals surface area contributed by atoms with E-state index in [1.54, 1.807) is 41.4 Å². The minimum Gasteiger partial charge on any atom is -0.494 e. The van der Waals surface area contributed by atoms with Crippen LogP contribution in [0.25, 0.3) is 22.2 Å². The van der Waals surface area contributed by atoms with Gasteiger partial charge < -0.3 is 19.9 Å². The first-order chi connectivity index (χ1) is 14.1. The predicted molar refractivity (Wildman–Crippen MR) is 118 cm³/mol. The average Bonchev–Trinajstić information content (AvgIpc) is 3.37. The van der Waals surface area contributed by atoms with Gasteiger partial charge in [0.1, 0.15) is 0 Å². The number of hydrogen-bond acceptors (Lipinski definition) is 5. The molecule has 1 amide bonds. The van der Waals surface area contributed by atoms with Crippen molar-refractivity contribution in [2.45, 2.75) is 12.8 Å². The van der Waals surface area contributed by atoms with Gasteiger partial charge in [-0.15, -0.1) is 12.4 Å². The van der Waals surface area contributed by atoms with Crippen LogP contribution in [-0.4, -0.2) is 64.0 Å². The molecule has 0 unspecified atom stereocenters. The van der Waals surface area contributed by atoms with Crippen LogP contribution < -0.4 is 0 Å². The number of hydrogen-bond donors (Lipinski definition) is 2. The molecule has 0 radical (unpaired) electrons. The summed E-state index contributed by atoms with van der Waals surface area (Å²) in [5, 5.41) is 20.1. The van der Waals surface area contributed by atoms with Crippen LogP contribution in [0.3, 0.4) is 0 Å². The molecule has 1 saturated heterocycles. The van der Waals surface area contributed by atoms with Gasteiger partial charge in [-0.05, 0) is 50.2 Å². The van der Waals surface area contributed by atoms with E-state index in [4.69, 9.17) is 5.26 Å². The highest BCUT2D eigenvalue weighted by atomic mass is 35.5. The number of nitriles is 1. The van der Waals surface area contributed by atoms with Crippen molar-refractivity contribution < 1.29 is 9.90 Å². The Balaban J connectivity index is 0.00000256. The van der Waals surface area contributed by atoms with Gasteiger partial charge in [0.2, 0.25) is 0 Å². The number of pyridine rings is 1. The van der Waals surface area contributed by atoms with Crippen LogP contribution in [0, 0.1) is 11.3 Å². The van der Waals surface area contributed by atoms with Crippen LogP contribution in [0.2, 0.25) is 0 Å². The molecular formula is C22H24ClN5O2. The predicted octanol–water partition coefficient (Wildman–Crippen LogP) is 3.40. The summed E-state index contributed by atoms with van der Waals surface area (Å²) in [5.41, 5.74) is 2.82. The fourth-order valence-electron chi connectivity index (χ4n) is 3.80. The van der Waals surface area contributed by atoms with Crippen molar-refractivity contribution in [2.24, 2.45) is 0 Å². The Morgan fingerprint density at radius 1 is 1.30 bits per heavy atom. The molecule has 2 N–H and O–H groups in total. The summed E-state index contributed by atoms with van der Waals surface area (Å²) < 4.78 is 0. The van der Waals surface area contributed by atoms with Crippen LogP contribution in [0.4, 0.5) is 0 Å². The quantitative estimate of drug-likeness (QED) is 0.653. The van der Waals surface area contributed by atoms with Gasteiger partial charge in [0.15, 0.2) is 5.88 Å². The van der Waals surface area contributed by atoms with Crippen LogP contribution in [-0.2, 0) is 0 Å². The number of rotatable bonds is 5. The molecule has 7 nitrogen and oxygen atoms in total. The second-order valence-electron chi connectivity index (χ2n) is 7.43. The highest BCUT2D eigenvalue weighted by Crippen LogP contribution is 2.35. The Morgan fingerprint density at radius 2 is 2.07 bits per heavy atom. The fourth-order valence-corrected chi connectivity index (χ4v) is 3.80. The zero-order chi connectivity index (χ0) is 20.4. The third-order valence-electron chi connectivity index (χ3n) is 5.47. The van der Waals surface area contributed by atoms with Crippen LogP contribution in [0.1, 0.15) is 28.8 Å². The van der Waals surface area contributed by atoms with E-state index in [9.17, 15) is 9.90 Å². The largest absolute Gasteiger partial charge is 0.494 e. The number of likely N-dealkylation sites (tertiary alicyclic amines) is 1. The molecule has 0 atom stereocenters. The molecule has 1 fully saturated rings. The number of amides is 1. The summed E-state index contributed by atoms with van der Waals surface area (Å²) in [4.78, 5) is 24.1. The summed E-state index contributed by atoms with van der Waals surface area (Å²) in [6.45, 7) is 3.80. The molecule has 3 heterocycles. The molecule has 4 rings (SSSR count). The Hall–Kier alpha value is -3.08. The van der Waals surface area contributed by atoms with Gasteiger partial charge in [-0.2, -0.15) is 5.26 Å². The molecule has 0 aliphatic carbocycles. The van der Waals surface area contributed by atoms with Crippen molar-refractivity contribution >= 4 is 29.2 Å². The Kier molecular flexibility index (Phi) is 6.60. The number of aromatic hydroxyl groups is 1. The zero-order valence-corrected chi connectivity index (χ0v) is 17.6. The second-order valence-corrected chi connectivity index (χ2v) is 7.43.